The predicted octanol–water partition coefficient (Wildman–Crippen LogP) is -0.414. The molecule has 0 saturated heterocycles. The standard InChI is InChI=1S/C42H63Si4.3ClH.Ti/c1-26-20-36(43(11,12)13)39(23-29(26)4)46(42-34(9)32(7)33(8)35(42)10,40-24-30(5)27(2)21-37(40)44(14,15)16)41-25-31(6)28(3)22-38(41)45(17,18)19;;;;/h20-25H,1-19H3;3*1H;/q;;;;+3/p-3. The first-order valence-corrected chi connectivity index (χ1v) is 31.0. The molecule has 4 rings (SSSR count). The molecule has 50 heavy (non-hydrogen) atoms. The Morgan fingerprint density at radius 1 is 0.360 bits per heavy atom. The normalized spacial score (nSPS) is 15.1. The van der Waals surface area contributed by atoms with Gasteiger partial charge in [-0.2, -0.15) is 0 Å². The Bertz CT molecular complexity index is 1660. The van der Waals surface area contributed by atoms with E-state index in [1.807, 2.05) is 0 Å². The zero-order valence-electron chi connectivity index (χ0n) is 34.6. The van der Waals surface area contributed by atoms with Crippen molar-refractivity contribution in [3.05, 3.63) is 92.1 Å². The largest absolute Gasteiger partial charge is 1.00 e. The summed E-state index contributed by atoms with van der Waals surface area (Å²) in [6.45, 7) is 47.4. The Labute approximate surface area is 341 Å². The molecule has 0 bridgehead atoms. The number of rotatable bonds is 7. The van der Waals surface area contributed by atoms with E-state index in [1.165, 1.54) is 44.5 Å². The van der Waals surface area contributed by atoms with E-state index < -0.39 is 32.3 Å². The van der Waals surface area contributed by atoms with E-state index in [0.29, 0.717) is 0 Å². The fourth-order valence-electron chi connectivity index (χ4n) is 8.25. The van der Waals surface area contributed by atoms with E-state index in [9.17, 15) is 0 Å². The predicted molar refractivity (Wildman–Crippen MR) is 221 cm³/mol. The van der Waals surface area contributed by atoms with Crippen LogP contribution < -0.4 is 68.3 Å². The van der Waals surface area contributed by atoms with Crippen molar-refractivity contribution >= 4 is 63.4 Å². The number of aryl methyl sites for hydroxylation is 6. The van der Waals surface area contributed by atoms with Crippen LogP contribution in [0, 0.1) is 41.5 Å². The molecular weight excluding hydrogens is 771 g/mol. The van der Waals surface area contributed by atoms with Crippen LogP contribution in [-0.4, -0.2) is 32.3 Å². The zero-order chi connectivity index (χ0) is 36.0. The van der Waals surface area contributed by atoms with E-state index in [1.54, 1.807) is 42.3 Å². The average molecular weight is 835 g/mol. The van der Waals surface area contributed by atoms with Crippen LogP contribution in [0.25, 0.3) is 0 Å². The Morgan fingerprint density at radius 3 is 0.720 bits per heavy atom. The first-order valence-electron chi connectivity index (χ1n) is 17.7. The maximum absolute atomic E-state index is 2.96. The van der Waals surface area contributed by atoms with Gasteiger partial charge >= 0.3 is 307 Å². The Hall–Kier alpha value is -0.408. The second-order valence-corrected chi connectivity index (χ2v) is 39.1. The second-order valence-electron chi connectivity index (χ2n) is 18.2. The minimum absolute atomic E-state index is 0. The van der Waals surface area contributed by atoms with Crippen molar-refractivity contribution in [3.63, 3.8) is 0 Å². The summed E-state index contributed by atoms with van der Waals surface area (Å²) < 4.78 is -0.122. The Morgan fingerprint density at radius 2 is 0.540 bits per heavy atom. The van der Waals surface area contributed by atoms with Crippen molar-refractivity contribution in [1.82, 2.24) is 0 Å². The molecule has 0 radical (unpaired) electrons. The van der Waals surface area contributed by atoms with E-state index in [4.69, 9.17) is 0 Å². The molecule has 8 heteroatoms. The van der Waals surface area contributed by atoms with Crippen LogP contribution in [0.2, 0.25) is 62.3 Å². The SMILES string of the molecule is CC1=C(C)[C]([Ti+3])([Si](c2cc(C)c(C)cc2[Si](C)(C)C)(c2cc(C)c(C)cc2[Si](C)(C)C)c2cc(C)c(C)cc2[Si](C)(C)C)C(C)=C1C.[Cl-].[Cl-].[Cl-]. The smallest absolute Gasteiger partial charge is 1.00 e. The van der Waals surface area contributed by atoms with E-state index in [2.05, 4.69) is 185 Å². The maximum atomic E-state index is 2.73. The van der Waals surface area contributed by atoms with Gasteiger partial charge < -0.3 is 37.2 Å². The van der Waals surface area contributed by atoms with Crippen molar-refractivity contribution in [3.8, 4) is 0 Å². The van der Waals surface area contributed by atoms with Crippen LogP contribution in [0.4, 0.5) is 0 Å². The average Bonchev–Trinajstić information content (AvgIpc) is 3.08. The van der Waals surface area contributed by atoms with Gasteiger partial charge in [0.2, 0.25) is 0 Å². The summed E-state index contributed by atoms with van der Waals surface area (Å²) in [6.07, 6.45) is 0. The fourth-order valence-corrected chi connectivity index (χ4v) is 26.7. The van der Waals surface area contributed by atoms with Crippen LogP contribution in [0.3, 0.4) is 0 Å². The third-order valence-corrected chi connectivity index (χ3v) is 27.2. The molecule has 0 saturated carbocycles. The topological polar surface area (TPSA) is 0 Å². The van der Waals surface area contributed by atoms with Crippen LogP contribution in [-0.2, 0) is 20.4 Å². The van der Waals surface area contributed by atoms with Gasteiger partial charge in [-0.25, -0.2) is 0 Å². The van der Waals surface area contributed by atoms with Gasteiger partial charge in [0, 0.05) is 0 Å². The number of hydrogen-bond acceptors (Lipinski definition) is 0. The van der Waals surface area contributed by atoms with E-state index in [0.717, 1.165) is 0 Å². The monoisotopic (exact) mass is 832 g/mol. The summed E-state index contributed by atoms with van der Waals surface area (Å²) in [5.41, 5.74) is 14.8. The summed E-state index contributed by atoms with van der Waals surface area (Å²) >= 11 is 2.71. The molecule has 1 aliphatic carbocycles. The van der Waals surface area contributed by atoms with E-state index >= 15 is 0 Å². The van der Waals surface area contributed by atoms with Gasteiger partial charge in [0.05, 0.1) is 0 Å². The number of allylic oxidation sites excluding steroid dienone is 4. The van der Waals surface area contributed by atoms with Gasteiger partial charge in [0.25, 0.3) is 0 Å². The molecule has 0 spiro atoms. The maximum Gasteiger partial charge on any atom is -1.00 e. The van der Waals surface area contributed by atoms with Gasteiger partial charge in [0.15, 0.2) is 0 Å². The minimum Gasteiger partial charge on any atom is -1.00 e. The van der Waals surface area contributed by atoms with Crippen LogP contribution in [0.15, 0.2) is 58.7 Å². The van der Waals surface area contributed by atoms with E-state index in [-0.39, 0.29) is 40.6 Å². The zero-order valence-corrected chi connectivity index (χ0v) is 42.4. The molecule has 0 N–H and O–H groups in total. The van der Waals surface area contributed by atoms with Gasteiger partial charge in [-0.1, -0.05) is 0 Å². The molecule has 0 aromatic heterocycles. The molecule has 3 aromatic carbocycles. The summed E-state index contributed by atoms with van der Waals surface area (Å²) in [4.78, 5) is 0. The summed E-state index contributed by atoms with van der Waals surface area (Å²) in [7, 11) is -8.42. The number of hydrogen-bond donors (Lipinski definition) is 0. The number of benzene rings is 3. The van der Waals surface area contributed by atoms with Gasteiger partial charge in [-0.3, -0.25) is 0 Å². The van der Waals surface area contributed by atoms with Crippen molar-refractivity contribution in [2.45, 2.75) is 132 Å². The minimum atomic E-state index is -2.96. The van der Waals surface area contributed by atoms with Crippen LogP contribution >= 0.6 is 0 Å². The third kappa shape index (κ3) is 7.60. The summed E-state index contributed by atoms with van der Waals surface area (Å²) in [5, 5.41) is 10.1. The van der Waals surface area contributed by atoms with Crippen LogP contribution in [0.1, 0.15) is 61.1 Å². The Balaban J connectivity index is 0.00000417. The molecule has 0 heterocycles. The van der Waals surface area contributed by atoms with Crippen LogP contribution in [0.5, 0.6) is 0 Å². The molecule has 0 aliphatic heterocycles. The van der Waals surface area contributed by atoms with Gasteiger partial charge in [0.1, 0.15) is 0 Å². The molecule has 0 unspecified atom stereocenters. The molecule has 272 valence electrons. The molecule has 0 nitrogen and oxygen atoms in total. The van der Waals surface area contributed by atoms with Crippen molar-refractivity contribution in [2.24, 2.45) is 0 Å². The van der Waals surface area contributed by atoms with Crippen molar-refractivity contribution < 1.29 is 57.7 Å². The third-order valence-electron chi connectivity index (χ3n) is 11.9. The van der Waals surface area contributed by atoms with Crippen molar-refractivity contribution in [1.29, 1.82) is 0 Å². The fraction of sp³-hybridized carbons (Fsp3) is 0.476. The first kappa shape index (κ1) is 47.6. The molecular formula is C42H63Cl3Si4Ti. The number of halogens is 3. The molecule has 1 aliphatic rings. The second kappa shape index (κ2) is 15.8. The molecule has 0 fully saturated rings. The van der Waals surface area contributed by atoms with Crippen molar-refractivity contribution in [2.75, 3.05) is 0 Å². The quantitative estimate of drug-likeness (QED) is 0.225. The molecule has 0 amide bonds. The van der Waals surface area contributed by atoms with Gasteiger partial charge in [-0.15, -0.1) is 0 Å². The van der Waals surface area contributed by atoms with Gasteiger partial charge in [-0.05, 0) is 0 Å². The summed E-state index contributed by atoms with van der Waals surface area (Å²) in [6, 6.07) is 16.2. The molecule has 3 aromatic rings. The molecule has 0 atom stereocenters. The summed E-state index contributed by atoms with van der Waals surface area (Å²) in [5.74, 6) is 0. The Kier molecular flexibility index (Phi) is 15.0. The first-order chi connectivity index (χ1) is 21.2.